The van der Waals surface area contributed by atoms with Crippen LogP contribution in [-0.4, -0.2) is 50.4 Å². The number of hydrogen-bond donors (Lipinski definition) is 2. The molecule has 2 N–H and O–H groups in total. The number of benzene rings is 2. The van der Waals surface area contributed by atoms with Gasteiger partial charge in [0.25, 0.3) is 0 Å². The summed E-state index contributed by atoms with van der Waals surface area (Å²) < 4.78 is 11.2. The molecule has 0 radical (unpaired) electrons. The molecule has 0 aliphatic carbocycles. The zero-order chi connectivity index (χ0) is 19.6. The predicted molar refractivity (Wildman–Crippen MR) is 109 cm³/mol. The van der Waals surface area contributed by atoms with Crippen LogP contribution in [0, 0.1) is 6.92 Å². The van der Waals surface area contributed by atoms with Gasteiger partial charge >= 0.3 is 6.03 Å². The minimum atomic E-state index is -0.179. The van der Waals surface area contributed by atoms with Gasteiger partial charge in [-0.25, -0.2) is 4.79 Å². The van der Waals surface area contributed by atoms with Crippen LogP contribution in [0.15, 0.2) is 48.5 Å². The second-order valence-electron chi connectivity index (χ2n) is 6.91. The molecule has 2 aromatic carbocycles. The Balaban J connectivity index is 1.38. The number of carbonyl (C=O) groups is 1. The average Bonchev–Trinajstić information content (AvgIpc) is 2.73. The molecule has 0 spiro atoms. The number of rotatable bonds is 8. The number of aryl methyl sites for hydroxylation is 1. The van der Waals surface area contributed by atoms with Crippen LogP contribution in [0.4, 0.5) is 4.79 Å². The summed E-state index contributed by atoms with van der Waals surface area (Å²) in [7, 11) is 0. The lowest BCUT2D eigenvalue weighted by molar-refractivity contribution is 0.0322. The lowest BCUT2D eigenvalue weighted by Crippen LogP contribution is -2.38. The first-order chi connectivity index (χ1) is 13.7. The molecule has 1 aliphatic heterocycles. The maximum Gasteiger partial charge on any atom is 0.315 e. The van der Waals surface area contributed by atoms with Crippen LogP contribution >= 0.6 is 0 Å². The van der Waals surface area contributed by atoms with Crippen molar-refractivity contribution < 1.29 is 14.3 Å². The van der Waals surface area contributed by atoms with Crippen LogP contribution in [0.5, 0.6) is 5.75 Å². The summed E-state index contributed by atoms with van der Waals surface area (Å²) in [5, 5.41) is 5.79. The molecule has 0 unspecified atom stereocenters. The molecule has 150 valence electrons. The molecular formula is C22H29N3O3. The molecule has 6 nitrogen and oxygen atoms in total. The van der Waals surface area contributed by atoms with Gasteiger partial charge < -0.3 is 20.1 Å². The van der Waals surface area contributed by atoms with E-state index in [1.807, 2.05) is 55.5 Å². The lowest BCUT2D eigenvalue weighted by Gasteiger charge is -2.26. The molecule has 2 aromatic rings. The third-order valence-corrected chi connectivity index (χ3v) is 4.83. The van der Waals surface area contributed by atoms with Crippen molar-refractivity contribution in [3.05, 3.63) is 65.2 Å². The highest BCUT2D eigenvalue weighted by atomic mass is 16.5. The van der Waals surface area contributed by atoms with Crippen LogP contribution in [-0.2, 0) is 17.8 Å². The second-order valence-corrected chi connectivity index (χ2v) is 6.91. The Hall–Kier alpha value is -2.57. The van der Waals surface area contributed by atoms with E-state index >= 15 is 0 Å². The van der Waals surface area contributed by atoms with E-state index in [0.717, 1.165) is 49.7 Å². The molecule has 0 bridgehead atoms. The van der Waals surface area contributed by atoms with Gasteiger partial charge in [0.05, 0.1) is 13.2 Å². The van der Waals surface area contributed by atoms with Gasteiger partial charge in [-0.05, 0) is 35.7 Å². The number of ether oxygens (including phenoxy) is 2. The first-order valence-electron chi connectivity index (χ1n) is 9.79. The fourth-order valence-electron chi connectivity index (χ4n) is 3.09. The molecule has 0 saturated carbocycles. The molecule has 6 heteroatoms. The van der Waals surface area contributed by atoms with E-state index in [0.29, 0.717) is 19.7 Å². The summed E-state index contributed by atoms with van der Waals surface area (Å²) in [6, 6.07) is 15.7. The number of carbonyl (C=O) groups excluding carboxylic acids is 1. The van der Waals surface area contributed by atoms with Crippen LogP contribution in [0.3, 0.4) is 0 Å². The highest BCUT2D eigenvalue weighted by Crippen LogP contribution is 2.13. The van der Waals surface area contributed by atoms with Crippen molar-refractivity contribution >= 4 is 6.03 Å². The number of morpholine rings is 1. The standard InChI is InChI=1S/C22H29N3O3/c1-18-5-2-3-7-20(18)17-24-22(26)23-16-19-6-4-8-21(15-19)28-14-11-25-9-12-27-13-10-25/h2-8,15H,9-14,16-17H2,1H3,(H2,23,24,26). The smallest absolute Gasteiger partial charge is 0.315 e. The maximum atomic E-state index is 12.1. The van der Waals surface area contributed by atoms with Gasteiger partial charge in [0.15, 0.2) is 0 Å². The Morgan fingerprint density at radius 3 is 2.68 bits per heavy atom. The molecule has 1 aliphatic rings. The van der Waals surface area contributed by atoms with Gasteiger partial charge in [-0.1, -0.05) is 36.4 Å². The normalized spacial score (nSPS) is 14.5. The Morgan fingerprint density at radius 1 is 1.07 bits per heavy atom. The summed E-state index contributed by atoms with van der Waals surface area (Å²) in [6.45, 7) is 8.08. The van der Waals surface area contributed by atoms with E-state index < -0.39 is 0 Å². The zero-order valence-corrected chi connectivity index (χ0v) is 16.4. The number of amides is 2. The molecule has 3 rings (SSSR count). The van der Waals surface area contributed by atoms with Crippen molar-refractivity contribution in [2.75, 3.05) is 39.5 Å². The molecule has 2 amide bonds. The summed E-state index contributed by atoms with van der Waals surface area (Å²) in [6.07, 6.45) is 0. The quantitative estimate of drug-likeness (QED) is 0.736. The molecule has 1 fully saturated rings. The van der Waals surface area contributed by atoms with Crippen molar-refractivity contribution in [3.8, 4) is 5.75 Å². The Kier molecular flexibility index (Phi) is 7.70. The van der Waals surface area contributed by atoms with Crippen LogP contribution in [0.2, 0.25) is 0 Å². The van der Waals surface area contributed by atoms with Gasteiger partial charge in [0.2, 0.25) is 0 Å². The van der Waals surface area contributed by atoms with Gasteiger partial charge in [0, 0.05) is 32.7 Å². The second kappa shape index (κ2) is 10.7. The van der Waals surface area contributed by atoms with Crippen molar-refractivity contribution in [3.63, 3.8) is 0 Å². The molecule has 1 heterocycles. The number of nitrogens with zero attached hydrogens (tertiary/aromatic N) is 1. The summed E-state index contributed by atoms with van der Waals surface area (Å²) in [5.41, 5.74) is 3.30. The van der Waals surface area contributed by atoms with Gasteiger partial charge in [0.1, 0.15) is 12.4 Å². The zero-order valence-electron chi connectivity index (χ0n) is 16.4. The average molecular weight is 383 g/mol. The summed E-state index contributed by atoms with van der Waals surface area (Å²) >= 11 is 0. The van der Waals surface area contributed by atoms with Gasteiger partial charge in [-0.3, -0.25) is 4.90 Å². The van der Waals surface area contributed by atoms with E-state index in [1.54, 1.807) is 0 Å². The fourth-order valence-corrected chi connectivity index (χ4v) is 3.09. The van der Waals surface area contributed by atoms with Gasteiger partial charge in [-0.15, -0.1) is 0 Å². The van der Waals surface area contributed by atoms with Crippen molar-refractivity contribution in [1.82, 2.24) is 15.5 Å². The van der Waals surface area contributed by atoms with Crippen LogP contribution in [0.1, 0.15) is 16.7 Å². The number of hydrogen-bond acceptors (Lipinski definition) is 4. The number of nitrogens with one attached hydrogen (secondary N) is 2. The maximum absolute atomic E-state index is 12.1. The van der Waals surface area contributed by atoms with E-state index in [1.165, 1.54) is 5.56 Å². The van der Waals surface area contributed by atoms with E-state index in [2.05, 4.69) is 15.5 Å². The monoisotopic (exact) mass is 383 g/mol. The Labute approximate surface area is 166 Å². The Morgan fingerprint density at radius 2 is 1.86 bits per heavy atom. The summed E-state index contributed by atoms with van der Waals surface area (Å²) in [4.78, 5) is 14.4. The van der Waals surface area contributed by atoms with Gasteiger partial charge in [-0.2, -0.15) is 0 Å². The highest BCUT2D eigenvalue weighted by Gasteiger charge is 2.10. The first-order valence-corrected chi connectivity index (χ1v) is 9.79. The third-order valence-electron chi connectivity index (χ3n) is 4.83. The van der Waals surface area contributed by atoms with Crippen molar-refractivity contribution in [2.24, 2.45) is 0 Å². The third kappa shape index (κ3) is 6.55. The SMILES string of the molecule is Cc1ccccc1CNC(=O)NCc1cccc(OCCN2CCOCC2)c1. The molecule has 0 aromatic heterocycles. The summed E-state index contributed by atoms with van der Waals surface area (Å²) in [5.74, 6) is 0.827. The Bertz CT molecular complexity index is 760. The molecular weight excluding hydrogens is 354 g/mol. The molecule has 28 heavy (non-hydrogen) atoms. The van der Waals surface area contributed by atoms with Crippen LogP contribution in [0.25, 0.3) is 0 Å². The highest BCUT2D eigenvalue weighted by molar-refractivity contribution is 5.73. The van der Waals surface area contributed by atoms with Crippen molar-refractivity contribution in [1.29, 1.82) is 0 Å². The van der Waals surface area contributed by atoms with E-state index in [-0.39, 0.29) is 6.03 Å². The van der Waals surface area contributed by atoms with E-state index in [9.17, 15) is 4.79 Å². The minimum Gasteiger partial charge on any atom is -0.492 e. The topological polar surface area (TPSA) is 62.8 Å². The number of urea groups is 1. The minimum absolute atomic E-state index is 0.179. The predicted octanol–water partition coefficient (Wildman–Crippen LogP) is 2.71. The largest absolute Gasteiger partial charge is 0.492 e. The van der Waals surface area contributed by atoms with Crippen molar-refractivity contribution in [2.45, 2.75) is 20.0 Å². The fraction of sp³-hybridized carbons (Fsp3) is 0.409. The molecule has 0 atom stereocenters. The lowest BCUT2D eigenvalue weighted by atomic mass is 10.1. The first kappa shape index (κ1) is 20.2. The van der Waals surface area contributed by atoms with E-state index in [4.69, 9.17) is 9.47 Å². The van der Waals surface area contributed by atoms with Crippen LogP contribution < -0.4 is 15.4 Å². The molecule has 1 saturated heterocycles.